The van der Waals surface area contributed by atoms with Crippen LogP contribution in [0.1, 0.15) is 10.4 Å². The molecule has 0 saturated heterocycles. The van der Waals surface area contributed by atoms with Crippen molar-refractivity contribution in [3.05, 3.63) is 58.1 Å². The molecular formula is C13H10N2O5. The molecule has 0 aliphatic heterocycles. The first kappa shape index (κ1) is 13.3. The Labute approximate surface area is 113 Å². The van der Waals surface area contributed by atoms with Crippen molar-refractivity contribution < 1.29 is 19.6 Å². The molecule has 2 aromatic rings. The smallest absolute Gasteiger partial charge is 0.335 e. The van der Waals surface area contributed by atoms with Crippen molar-refractivity contribution in [1.29, 1.82) is 0 Å². The van der Waals surface area contributed by atoms with E-state index in [1.54, 1.807) is 18.2 Å². The number of benzene rings is 2. The Hall–Kier alpha value is -3.09. The van der Waals surface area contributed by atoms with E-state index in [1.807, 2.05) is 0 Å². The van der Waals surface area contributed by atoms with Crippen LogP contribution in [0.25, 0.3) is 0 Å². The number of anilines is 1. The summed E-state index contributed by atoms with van der Waals surface area (Å²) in [5.74, 6) is -0.967. The summed E-state index contributed by atoms with van der Waals surface area (Å²) in [6.45, 7) is 0. The van der Waals surface area contributed by atoms with Gasteiger partial charge in [-0.1, -0.05) is 6.07 Å². The summed E-state index contributed by atoms with van der Waals surface area (Å²) in [6.07, 6.45) is 0. The molecule has 0 aliphatic carbocycles. The minimum atomic E-state index is -1.25. The summed E-state index contributed by atoms with van der Waals surface area (Å²) in [5, 5.41) is 19.8. The number of hydrogen-bond donors (Lipinski definition) is 2. The molecule has 0 spiro atoms. The SMILES string of the molecule is Nc1cccc(Oc2ccc(C(=O)O)cc2[N+](=O)[O-])c1. The lowest BCUT2D eigenvalue weighted by molar-refractivity contribution is -0.385. The van der Waals surface area contributed by atoms with E-state index in [0.29, 0.717) is 11.4 Å². The average Bonchev–Trinajstić information content (AvgIpc) is 2.38. The van der Waals surface area contributed by atoms with Gasteiger partial charge in [0.1, 0.15) is 5.75 Å². The van der Waals surface area contributed by atoms with Gasteiger partial charge in [-0.05, 0) is 24.3 Å². The summed E-state index contributed by atoms with van der Waals surface area (Å²) in [5.41, 5.74) is 5.43. The predicted molar refractivity (Wildman–Crippen MR) is 71.0 cm³/mol. The maximum atomic E-state index is 11.0. The van der Waals surface area contributed by atoms with Crippen molar-refractivity contribution >= 4 is 17.3 Å². The molecule has 0 heterocycles. The molecule has 0 fully saturated rings. The van der Waals surface area contributed by atoms with Gasteiger partial charge >= 0.3 is 11.7 Å². The Balaban J connectivity index is 2.41. The minimum Gasteiger partial charge on any atom is -0.478 e. The van der Waals surface area contributed by atoms with Gasteiger partial charge in [0.05, 0.1) is 10.5 Å². The summed E-state index contributed by atoms with van der Waals surface area (Å²) >= 11 is 0. The average molecular weight is 274 g/mol. The molecule has 0 saturated carbocycles. The molecule has 2 rings (SSSR count). The molecular weight excluding hydrogens is 264 g/mol. The predicted octanol–water partition coefficient (Wildman–Crippen LogP) is 2.67. The minimum absolute atomic E-state index is 0.0504. The second-order valence-corrected chi connectivity index (χ2v) is 3.92. The van der Waals surface area contributed by atoms with Crippen LogP contribution in [0, 0.1) is 10.1 Å². The molecule has 0 unspecified atom stereocenters. The van der Waals surface area contributed by atoms with E-state index in [2.05, 4.69) is 0 Å². The summed E-state index contributed by atoms with van der Waals surface area (Å²) < 4.78 is 5.37. The van der Waals surface area contributed by atoms with Crippen LogP contribution in [0.4, 0.5) is 11.4 Å². The van der Waals surface area contributed by atoms with E-state index in [4.69, 9.17) is 15.6 Å². The maximum Gasteiger partial charge on any atom is 0.335 e. The number of ether oxygens (including phenoxy) is 1. The van der Waals surface area contributed by atoms with Gasteiger partial charge in [0.15, 0.2) is 0 Å². The van der Waals surface area contributed by atoms with Crippen LogP contribution in [-0.4, -0.2) is 16.0 Å². The highest BCUT2D eigenvalue weighted by Crippen LogP contribution is 2.32. The molecule has 0 atom stereocenters. The van der Waals surface area contributed by atoms with Crippen molar-refractivity contribution in [1.82, 2.24) is 0 Å². The number of nitrogens with two attached hydrogens (primary N) is 1. The molecule has 0 aliphatic rings. The van der Waals surface area contributed by atoms with Crippen molar-refractivity contribution in [2.24, 2.45) is 0 Å². The quantitative estimate of drug-likeness (QED) is 0.503. The number of carboxylic acids is 1. The van der Waals surface area contributed by atoms with Crippen LogP contribution in [0.2, 0.25) is 0 Å². The number of nitrogen functional groups attached to an aromatic ring is 1. The zero-order valence-corrected chi connectivity index (χ0v) is 10.1. The number of nitrogens with zero attached hydrogens (tertiary/aromatic N) is 1. The Morgan fingerprint density at radius 2 is 2.00 bits per heavy atom. The van der Waals surface area contributed by atoms with Crippen LogP contribution in [-0.2, 0) is 0 Å². The maximum absolute atomic E-state index is 11.0. The van der Waals surface area contributed by atoms with Gasteiger partial charge in [-0.3, -0.25) is 10.1 Å². The fourth-order valence-corrected chi connectivity index (χ4v) is 1.58. The zero-order chi connectivity index (χ0) is 14.7. The number of nitro benzene ring substituents is 1. The van der Waals surface area contributed by atoms with Gasteiger partial charge < -0.3 is 15.6 Å². The second kappa shape index (κ2) is 5.27. The van der Waals surface area contributed by atoms with Crippen molar-refractivity contribution in [3.8, 4) is 11.5 Å². The van der Waals surface area contributed by atoms with Crippen LogP contribution in [0.3, 0.4) is 0 Å². The molecule has 2 aromatic carbocycles. The highest BCUT2D eigenvalue weighted by Gasteiger charge is 2.19. The lowest BCUT2D eigenvalue weighted by atomic mass is 10.2. The fourth-order valence-electron chi connectivity index (χ4n) is 1.58. The zero-order valence-electron chi connectivity index (χ0n) is 10.1. The van der Waals surface area contributed by atoms with E-state index < -0.39 is 16.6 Å². The first-order valence-corrected chi connectivity index (χ1v) is 5.52. The Morgan fingerprint density at radius 3 is 2.60 bits per heavy atom. The van der Waals surface area contributed by atoms with Crippen LogP contribution in [0.5, 0.6) is 11.5 Å². The Kier molecular flexibility index (Phi) is 3.52. The molecule has 7 nitrogen and oxygen atoms in total. The third-order valence-electron chi connectivity index (χ3n) is 2.49. The lowest BCUT2D eigenvalue weighted by Crippen LogP contribution is -2.00. The molecule has 7 heteroatoms. The molecule has 3 N–H and O–H groups in total. The van der Waals surface area contributed by atoms with Gasteiger partial charge in [0.25, 0.3) is 0 Å². The Bertz CT molecular complexity index is 684. The van der Waals surface area contributed by atoms with E-state index in [1.165, 1.54) is 18.2 Å². The number of carboxylic acid groups (broad SMARTS) is 1. The van der Waals surface area contributed by atoms with E-state index >= 15 is 0 Å². The number of carbonyl (C=O) groups is 1. The topological polar surface area (TPSA) is 116 Å². The van der Waals surface area contributed by atoms with Gasteiger partial charge in [0, 0.05) is 17.8 Å². The molecule has 0 aromatic heterocycles. The highest BCUT2D eigenvalue weighted by atomic mass is 16.6. The summed E-state index contributed by atoms with van der Waals surface area (Å²) in [7, 11) is 0. The second-order valence-electron chi connectivity index (χ2n) is 3.92. The van der Waals surface area contributed by atoms with E-state index in [9.17, 15) is 14.9 Å². The number of aromatic carboxylic acids is 1. The van der Waals surface area contributed by atoms with Gasteiger partial charge in [-0.2, -0.15) is 0 Å². The van der Waals surface area contributed by atoms with Crippen LogP contribution < -0.4 is 10.5 Å². The fraction of sp³-hybridized carbons (Fsp3) is 0. The first-order chi connectivity index (χ1) is 9.47. The monoisotopic (exact) mass is 274 g/mol. The normalized spacial score (nSPS) is 10.0. The molecule has 20 heavy (non-hydrogen) atoms. The Morgan fingerprint density at radius 1 is 1.25 bits per heavy atom. The molecule has 0 bridgehead atoms. The molecule has 0 amide bonds. The third kappa shape index (κ3) is 2.83. The third-order valence-corrected chi connectivity index (χ3v) is 2.49. The number of nitro groups is 1. The summed E-state index contributed by atoms with van der Waals surface area (Å²) in [4.78, 5) is 21.1. The number of rotatable bonds is 4. The van der Waals surface area contributed by atoms with Crippen LogP contribution in [0.15, 0.2) is 42.5 Å². The lowest BCUT2D eigenvalue weighted by Gasteiger charge is -2.07. The van der Waals surface area contributed by atoms with Crippen molar-refractivity contribution in [2.45, 2.75) is 0 Å². The molecule has 0 radical (unpaired) electrons. The van der Waals surface area contributed by atoms with Gasteiger partial charge in [-0.15, -0.1) is 0 Å². The highest BCUT2D eigenvalue weighted by molar-refractivity contribution is 5.88. The van der Waals surface area contributed by atoms with E-state index in [-0.39, 0.29) is 11.3 Å². The van der Waals surface area contributed by atoms with Gasteiger partial charge in [-0.25, -0.2) is 4.79 Å². The standard InChI is InChI=1S/C13H10N2O5/c14-9-2-1-3-10(7-9)20-12-5-4-8(13(16)17)6-11(12)15(18)19/h1-7H,14H2,(H,16,17). The summed E-state index contributed by atoms with van der Waals surface area (Å²) in [6, 6.07) is 9.81. The van der Waals surface area contributed by atoms with E-state index in [0.717, 1.165) is 6.07 Å². The van der Waals surface area contributed by atoms with Crippen molar-refractivity contribution in [2.75, 3.05) is 5.73 Å². The first-order valence-electron chi connectivity index (χ1n) is 5.52. The van der Waals surface area contributed by atoms with Gasteiger partial charge in [0.2, 0.25) is 5.75 Å². The molecule has 102 valence electrons. The van der Waals surface area contributed by atoms with Crippen molar-refractivity contribution in [3.63, 3.8) is 0 Å². The number of hydrogen-bond acceptors (Lipinski definition) is 5. The largest absolute Gasteiger partial charge is 0.478 e. The van der Waals surface area contributed by atoms with Crippen LogP contribution >= 0.6 is 0 Å².